The van der Waals surface area contributed by atoms with E-state index in [1.165, 1.54) is 5.56 Å². The number of nitrogens with one attached hydrogen (secondary N) is 4. The minimum atomic E-state index is -0.693. The minimum absolute atomic E-state index is 0.214. The number of aromatic nitrogens is 4. The maximum Gasteiger partial charge on any atom is 0.319 e. The summed E-state index contributed by atoms with van der Waals surface area (Å²) in [5.74, 6) is -0.0420. The van der Waals surface area contributed by atoms with Gasteiger partial charge in [-0.2, -0.15) is 5.10 Å². The Morgan fingerprint density at radius 3 is 2.74 bits per heavy atom. The van der Waals surface area contributed by atoms with Crippen molar-refractivity contribution >= 4 is 28.7 Å². The van der Waals surface area contributed by atoms with Crippen molar-refractivity contribution in [2.75, 3.05) is 31.6 Å². The molecule has 0 atom stereocenters. The van der Waals surface area contributed by atoms with Gasteiger partial charge in [-0.05, 0) is 37.0 Å². The number of ether oxygens (including phenoxy) is 1. The van der Waals surface area contributed by atoms with Gasteiger partial charge in [0.1, 0.15) is 5.69 Å². The van der Waals surface area contributed by atoms with Gasteiger partial charge in [0, 0.05) is 32.1 Å². The van der Waals surface area contributed by atoms with E-state index in [4.69, 9.17) is 9.84 Å². The number of aliphatic carboxylic acids is 1. The van der Waals surface area contributed by atoms with Gasteiger partial charge in [0.25, 0.3) is 0 Å². The number of imidazole rings is 1. The fraction of sp³-hybridized carbons (Fsp3) is 0.500. The number of aromatic amines is 2. The van der Waals surface area contributed by atoms with Gasteiger partial charge in [-0.15, -0.1) is 0 Å². The number of benzene rings is 1. The number of carbonyl (C=O) groups is 2. The lowest BCUT2D eigenvalue weighted by Crippen LogP contribution is -2.35. The number of fused-ring (bicyclic) bond motifs is 1. The number of morpholine rings is 1. The molecule has 11 nitrogen and oxygen atoms in total. The Balaban J connectivity index is 0.000000364. The molecule has 0 bridgehead atoms. The number of carboxylic acids is 1. The normalized spacial score (nSPS) is 15.9. The highest BCUT2D eigenvalue weighted by Gasteiger charge is 2.24. The summed E-state index contributed by atoms with van der Waals surface area (Å²) in [5, 5.41) is 20.8. The Morgan fingerprint density at radius 2 is 2.06 bits per heavy atom. The predicted molar refractivity (Wildman–Crippen MR) is 132 cm³/mol. The lowest BCUT2D eigenvalue weighted by molar-refractivity contribution is -0.137. The Bertz CT molecular complexity index is 1130. The number of unbranched alkanes of at least 4 members (excludes halogenated alkanes) is 1. The third-order valence-electron chi connectivity index (χ3n) is 5.84. The van der Waals surface area contributed by atoms with Crippen molar-refractivity contribution in [1.29, 1.82) is 0 Å². The summed E-state index contributed by atoms with van der Waals surface area (Å²) < 4.78 is 5.41. The van der Waals surface area contributed by atoms with Crippen LogP contribution in [0.3, 0.4) is 0 Å². The van der Waals surface area contributed by atoms with Crippen molar-refractivity contribution in [2.45, 2.75) is 51.6 Å². The number of carbonyl (C=O) groups excluding carboxylic acids is 1. The van der Waals surface area contributed by atoms with Gasteiger partial charge < -0.3 is 25.5 Å². The van der Waals surface area contributed by atoms with Crippen LogP contribution >= 0.6 is 0 Å². The topological polar surface area (TPSA) is 148 Å². The van der Waals surface area contributed by atoms with Crippen molar-refractivity contribution in [1.82, 2.24) is 30.4 Å². The number of anilines is 1. The van der Waals surface area contributed by atoms with E-state index in [0.29, 0.717) is 29.7 Å². The average Bonchev–Trinajstić information content (AvgIpc) is 3.36. The number of H-pyrrole nitrogens is 2. The first-order valence-corrected chi connectivity index (χ1v) is 12.1. The summed E-state index contributed by atoms with van der Waals surface area (Å²) in [5.41, 5.74) is 4.34. The Kier molecular flexibility index (Phi) is 8.32. The van der Waals surface area contributed by atoms with Gasteiger partial charge in [-0.1, -0.05) is 19.4 Å². The molecule has 3 heterocycles. The van der Waals surface area contributed by atoms with Gasteiger partial charge >= 0.3 is 12.0 Å². The second-order valence-electron chi connectivity index (χ2n) is 8.85. The molecule has 3 aromatic rings. The molecule has 35 heavy (non-hydrogen) atoms. The third kappa shape index (κ3) is 7.27. The fourth-order valence-corrected chi connectivity index (χ4v) is 3.75. The van der Waals surface area contributed by atoms with Crippen LogP contribution in [0.2, 0.25) is 0 Å². The smallest absolute Gasteiger partial charge is 0.319 e. The molecule has 1 saturated carbocycles. The number of hydrogen-bond donors (Lipinski definition) is 5. The average molecular weight is 484 g/mol. The molecule has 2 aliphatic rings. The lowest BCUT2D eigenvalue weighted by Gasteiger charge is -2.26. The molecular formula is C24H33N7O4. The van der Waals surface area contributed by atoms with E-state index in [0.717, 1.165) is 69.6 Å². The highest BCUT2D eigenvalue weighted by atomic mass is 16.5. The highest BCUT2D eigenvalue weighted by molar-refractivity contribution is 5.93. The molecule has 5 rings (SSSR count). The zero-order valence-electron chi connectivity index (χ0n) is 20.0. The van der Waals surface area contributed by atoms with E-state index >= 15 is 0 Å². The van der Waals surface area contributed by atoms with E-state index < -0.39 is 5.97 Å². The lowest BCUT2D eigenvalue weighted by atomic mass is 10.2. The zero-order valence-corrected chi connectivity index (χ0v) is 20.0. The monoisotopic (exact) mass is 483 g/mol. The first-order chi connectivity index (χ1) is 17.0. The van der Waals surface area contributed by atoms with Crippen molar-refractivity contribution in [3.63, 3.8) is 0 Å². The molecule has 188 valence electrons. The molecular weight excluding hydrogens is 450 g/mol. The molecule has 11 heteroatoms. The molecule has 1 aliphatic heterocycles. The summed E-state index contributed by atoms with van der Waals surface area (Å²) in [6.07, 6.45) is 5.76. The number of rotatable bonds is 8. The quantitative estimate of drug-likeness (QED) is 0.330. The number of nitrogens with zero attached hydrogens (tertiary/aromatic N) is 3. The van der Waals surface area contributed by atoms with Gasteiger partial charge in [-0.3, -0.25) is 14.8 Å². The molecule has 2 fully saturated rings. The Hall–Kier alpha value is -3.44. The first-order valence-electron chi connectivity index (χ1n) is 12.1. The van der Waals surface area contributed by atoms with Crippen LogP contribution in [0.25, 0.3) is 22.6 Å². The highest BCUT2D eigenvalue weighted by Crippen LogP contribution is 2.26. The summed E-state index contributed by atoms with van der Waals surface area (Å²) in [6.45, 7) is 6.37. The predicted octanol–water partition coefficient (Wildman–Crippen LogP) is 3.33. The van der Waals surface area contributed by atoms with Crippen LogP contribution in [-0.2, 0) is 16.1 Å². The zero-order chi connectivity index (χ0) is 24.6. The van der Waals surface area contributed by atoms with Crippen molar-refractivity contribution in [3.8, 4) is 11.5 Å². The SMILES string of the molecule is CCCCC(=O)O.O=C(Nc1cn[nH]c1-c1nc2ccc(CN3CCOCC3)cc2[nH]1)NC1CC1. The Morgan fingerprint density at radius 1 is 1.26 bits per heavy atom. The van der Waals surface area contributed by atoms with E-state index in [1.807, 2.05) is 13.0 Å². The molecule has 2 aromatic heterocycles. The van der Waals surface area contributed by atoms with Gasteiger partial charge in [0.15, 0.2) is 5.82 Å². The van der Waals surface area contributed by atoms with Gasteiger partial charge in [0.05, 0.1) is 36.1 Å². The molecule has 1 aromatic carbocycles. The van der Waals surface area contributed by atoms with Crippen LogP contribution in [0, 0.1) is 0 Å². The minimum Gasteiger partial charge on any atom is -0.481 e. The molecule has 2 amide bonds. The summed E-state index contributed by atoms with van der Waals surface area (Å²) in [6, 6.07) is 6.34. The second kappa shape index (κ2) is 11.8. The van der Waals surface area contributed by atoms with Gasteiger partial charge in [-0.25, -0.2) is 9.78 Å². The van der Waals surface area contributed by atoms with Crippen molar-refractivity contribution < 1.29 is 19.4 Å². The molecule has 0 radical (unpaired) electrons. The molecule has 0 spiro atoms. The fourth-order valence-electron chi connectivity index (χ4n) is 3.75. The van der Waals surface area contributed by atoms with Gasteiger partial charge in [0.2, 0.25) is 0 Å². The van der Waals surface area contributed by atoms with Crippen LogP contribution < -0.4 is 10.6 Å². The molecule has 1 aliphatic carbocycles. The standard InChI is InChI=1S/C19H23N7O2.C5H10O2/c27-19(21-13-2-3-13)24-16-10-20-25-17(16)18-22-14-4-1-12(9-15(14)23-18)11-26-5-7-28-8-6-26;1-2-3-4-5(6)7/h1,4,9-10,13H,2-3,5-8,11H2,(H,20,25)(H,22,23)(H2,21,24,27);2-4H2,1H3,(H,6,7). The van der Waals surface area contributed by atoms with Crippen LogP contribution in [-0.4, -0.2) is 74.5 Å². The second-order valence-corrected chi connectivity index (χ2v) is 8.85. The number of amides is 2. The van der Waals surface area contributed by atoms with Crippen LogP contribution in [0.5, 0.6) is 0 Å². The largest absolute Gasteiger partial charge is 0.481 e. The third-order valence-corrected chi connectivity index (χ3v) is 5.84. The first kappa shape index (κ1) is 24.7. The summed E-state index contributed by atoms with van der Waals surface area (Å²) in [7, 11) is 0. The van der Waals surface area contributed by atoms with E-state index in [9.17, 15) is 9.59 Å². The van der Waals surface area contributed by atoms with Crippen LogP contribution in [0.1, 0.15) is 44.6 Å². The van der Waals surface area contributed by atoms with Crippen molar-refractivity contribution in [3.05, 3.63) is 30.0 Å². The van der Waals surface area contributed by atoms with Crippen LogP contribution in [0.15, 0.2) is 24.4 Å². The van der Waals surface area contributed by atoms with Crippen molar-refractivity contribution in [2.24, 2.45) is 0 Å². The summed E-state index contributed by atoms with van der Waals surface area (Å²) in [4.78, 5) is 32.2. The van der Waals surface area contributed by atoms with E-state index in [2.05, 4.69) is 47.8 Å². The van der Waals surface area contributed by atoms with Crippen LogP contribution in [0.4, 0.5) is 10.5 Å². The maximum atomic E-state index is 12.0. The molecule has 0 unspecified atom stereocenters. The van der Waals surface area contributed by atoms with E-state index in [-0.39, 0.29) is 6.03 Å². The number of carboxylic acid groups (broad SMARTS) is 1. The Labute approximate surface area is 203 Å². The van der Waals surface area contributed by atoms with E-state index in [1.54, 1.807) is 6.20 Å². The molecule has 1 saturated heterocycles. The number of hydrogen-bond acceptors (Lipinski definition) is 6. The molecule has 5 N–H and O–H groups in total. The summed E-state index contributed by atoms with van der Waals surface area (Å²) >= 11 is 0. The maximum absolute atomic E-state index is 12.0. The number of urea groups is 1.